The Morgan fingerprint density at radius 3 is 2.33 bits per heavy atom. The highest BCUT2D eigenvalue weighted by Crippen LogP contribution is 2.00. The Balaban J connectivity index is 3.84. The topological polar surface area (TPSA) is 66.4 Å². The van der Waals surface area contributed by atoms with Gasteiger partial charge < -0.3 is 5.11 Å². The van der Waals surface area contributed by atoms with Crippen LogP contribution in [0.25, 0.3) is 0 Å². The molecule has 0 aromatic heterocycles. The molecule has 0 spiro atoms. The maximum atomic E-state index is 11.6. The van der Waals surface area contributed by atoms with Gasteiger partial charge in [0.25, 0.3) is 6.43 Å². The minimum Gasteiger partial charge on any atom is -0.386 e. The van der Waals surface area contributed by atoms with E-state index in [4.69, 9.17) is 5.11 Å². The summed E-state index contributed by atoms with van der Waals surface area (Å²) in [4.78, 5) is 0. The summed E-state index contributed by atoms with van der Waals surface area (Å²) in [5, 5.41) is 8.49. The summed E-state index contributed by atoms with van der Waals surface area (Å²) in [7, 11) is -3.57. The summed E-state index contributed by atoms with van der Waals surface area (Å²) in [5.41, 5.74) is 0. The highest BCUT2D eigenvalue weighted by Gasteiger charge is 2.18. The third-order valence-corrected chi connectivity index (χ3v) is 3.65. The summed E-state index contributed by atoms with van der Waals surface area (Å²) in [6.45, 7) is -0.675. The first-order chi connectivity index (χ1) is 5.39. The fraction of sp³-hybridized carbons (Fsp3) is 1.00. The van der Waals surface area contributed by atoms with Gasteiger partial charge in [-0.05, 0) is 0 Å². The lowest BCUT2D eigenvalue weighted by atomic mass is 10.4. The molecule has 0 aliphatic rings. The van der Waals surface area contributed by atoms with Crippen LogP contribution in [0, 0.1) is 0 Å². The van der Waals surface area contributed by atoms with E-state index < -0.39 is 29.1 Å². The molecule has 0 aliphatic heterocycles. The predicted octanol–water partition coefficient (Wildman–Crippen LogP) is -0.116. The molecular weight excluding hydrogens is 260 g/mol. The fourth-order valence-corrected chi connectivity index (χ4v) is 1.33. The van der Waals surface area contributed by atoms with Crippen molar-refractivity contribution in [2.45, 2.75) is 12.5 Å². The number of aliphatic hydroxyl groups excluding tert-OH is 1. The molecule has 0 saturated carbocycles. The standard InChI is InChI=1S/C4H8BrF2NO3S/c5-2-12(10,11)8-1-3(9)4(6)7/h3-4,8-9H,1-2H2. The molecule has 8 heteroatoms. The van der Waals surface area contributed by atoms with Gasteiger partial charge in [-0.2, -0.15) is 0 Å². The van der Waals surface area contributed by atoms with Crippen LogP contribution < -0.4 is 4.72 Å². The third kappa shape index (κ3) is 4.96. The maximum absolute atomic E-state index is 11.6. The zero-order valence-corrected chi connectivity index (χ0v) is 8.28. The van der Waals surface area contributed by atoms with Gasteiger partial charge in [-0.15, -0.1) is 0 Å². The Morgan fingerprint density at radius 2 is 2.00 bits per heavy atom. The highest BCUT2D eigenvalue weighted by molar-refractivity contribution is 9.10. The third-order valence-electron chi connectivity index (χ3n) is 0.947. The Bertz CT molecular complexity index is 220. The lowest BCUT2D eigenvalue weighted by Gasteiger charge is -2.09. The van der Waals surface area contributed by atoms with Crippen molar-refractivity contribution in [3.8, 4) is 0 Å². The SMILES string of the molecule is O=S(=O)(CBr)NCC(O)C(F)F. The number of rotatable bonds is 5. The first-order valence-corrected chi connectivity index (χ1v) is 5.66. The van der Waals surface area contributed by atoms with E-state index in [2.05, 4.69) is 15.9 Å². The normalized spacial score (nSPS) is 15.1. The molecule has 2 N–H and O–H groups in total. The molecule has 0 rings (SSSR count). The van der Waals surface area contributed by atoms with Crippen LogP contribution in [0.2, 0.25) is 0 Å². The van der Waals surface area contributed by atoms with Crippen LogP contribution in [0.4, 0.5) is 8.78 Å². The Hall–Kier alpha value is 0.210. The second-order valence-corrected chi connectivity index (χ2v) is 5.08. The van der Waals surface area contributed by atoms with Crippen molar-refractivity contribution < 1.29 is 22.3 Å². The van der Waals surface area contributed by atoms with E-state index in [-0.39, 0.29) is 4.66 Å². The predicted molar refractivity (Wildman–Crippen MR) is 42.7 cm³/mol. The monoisotopic (exact) mass is 267 g/mol. The molecule has 0 fully saturated rings. The van der Waals surface area contributed by atoms with Crippen LogP contribution in [-0.4, -0.2) is 37.3 Å². The van der Waals surface area contributed by atoms with Gasteiger partial charge in [0.1, 0.15) is 10.8 Å². The van der Waals surface area contributed by atoms with Crippen molar-refractivity contribution in [2.24, 2.45) is 0 Å². The van der Waals surface area contributed by atoms with Crippen LogP contribution >= 0.6 is 15.9 Å². The van der Waals surface area contributed by atoms with Crippen molar-refractivity contribution in [2.75, 3.05) is 11.2 Å². The first-order valence-electron chi connectivity index (χ1n) is 2.88. The van der Waals surface area contributed by atoms with Crippen molar-refractivity contribution >= 4 is 26.0 Å². The van der Waals surface area contributed by atoms with Crippen LogP contribution in [0.1, 0.15) is 0 Å². The molecule has 4 nitrogen and oxygen atoms in total. The molecule has 0 bridgehead atoms. The minimum atomic E-state index is -3.57. The van der Waals surface area contributed by atoms with Gasteiger partial charge in [0.05, 0.1) is 0 Å². The molecule has 0 radical (unpaired) electrons. The lowest BCUT2D eigenvalue weighted by Crippen LogP contribution is -2.36. The van der Waals surface area contributed by atoms with Crippen LogP contribution in [-0.2, 0) is 10.0 Å². The van der Waals surface area contributed by atoms with E-state index in [1.54, 1.807) is 4.72 Å². The maximum Gasteiger partial charge on any atom is 0.265 e. The zero-order valence-electron chi connectivity index (χ0n) is 5.87. The number of alkyl halides is 3. The second kappa shape index (κ2) is 5.05. The van der Waals surface area contributed by atoms with Crippen LogP contribution in [0.15, 0.2) is 0 Å². The molecule has 74 valence electrons. The lowest BCUT2D eigenvalue weighted by molar-refractivity contribution is -0.000433. The van der Waals surface area contributed by atoms with Gasteiger partial charge in [-0.1, -0.05) is 15.9 Å². The first kappa shape index (κ1) is 12.2. The Labute approximate surface area is 77.1 Å². The zero-order chi connectivity index (χ0) is 9.78. The van der Waals surface area contributed by atoms with Crippen molar-refractivity contribution in [1.29, 1.82) is 0 Å². The van der Waals surface area contributed by atoms with Crippen LogP contribution in [0.3, 0.4) is 0 Å². The quantitative estimate of drug-likeness (QED) is 0.683. The molecule has 0 heterocycles. The minimum absolute atomic E-state index is 0.379. The van der Waals surface area contributed by atoms with E-state index in [9.17, 15) is 17.2 Å². The van der Waals surface area contributed by atoms with Crippen LogP contribution in [0.5, 0.6) is 0 Å². The number of sulfonamides is 1. The molecular formula is C4H8BrF2NO3S. The van der Waals surface area contributed by atoms with Crippen molar-refractivity contribution in [1.82, 2.24) is 4.72 Å². The molecule has 0 aromatic carbocycles. The number of hydrogen-bond donors (Lipinski definition) is 2. The van der Waals surface area contributed by atoms with Gasteiger partial charge in [-0.25, -0.2) is 21.9 Å². The summed E-state index contributed by atoms with van der Waals surface area (Å²) >= 11 is 2.64. The Kier molecular flexibility index (Phi) is 5.14. The average Bonchev–Trinajstić information content (AvgIpc) is 2.00. The van der Waals surface area contributed by atoms with Gasteiger partial charge in [0.2, 0.25) is 10.0 Å². The average molecular weight is 268 g/mol. The van der Waals surface area contributed by atoms with Gasteiger partial charge in [0, 0.05) is 6.54 Å². The summed E-state index contributed by atoms with van der Waals surface area (Å²) in [6.07, 6.45) is -4.90. The fourth-order valence-electron chi connectivity index (χ4n) is 0.340. The molecule has 0 saturated heterocycles. The Morgan fingerprint density at radius 1 is 1.50 bits per heavy atom. The van der Waals surface area contributed by atoms with Gasteiger partial charge >= 0.3 is 0 Å². The summed E-state index contributed by atoms with van der Waals surface area (Å²) in [6, 6.07) is 0. The molecule has 0 aliphatic carbocycles. The van der Waals surface area contributed by atoms with Crippen molar-refractivity contribution in [3.05, 3.63) is 0 Å². The van der Waals surface area contributed by atoms with Crippen molar-refractivity contribution in [3.63, 3.8) is 0 Å². The number of halogens is 3. The molecule has 12 heavy (non-hydrogen) atoms. The smallest absolute Gasteiger partial charge is 0.265 e. The van der Waals surface area contributed by atoms with E-state index in [0.29, 0.717) is 0 Å². The van der Waals surface area contributed by atoms with E-state index in [1.807, 2.05) is 0 Å². The number of nitrogens with one attached hydrogen (secondary N) is 1. The van der Waals surface area contributed by atoms with Gasteiger partial charge in [0.15, 0.2) is 0 Å². The summed E-state index contributed by atoms with van der Waals surface area (Å²) in [5.74, 6) is 0. The second-order valence-electron chi connectivity index (χ2n) is 1.97. The highest BCUT2D eigenvalue weighted by atomic mass is 79.9. The molecule has 1 unspecified atom stereocenters. The van der Waals surface area contributed by atoms with E-state index in [1.165, 1.54) is 0 Å². The van der Waals surface area contributed by atoms with E-state index >= 15 is 0 Å². The number of hydrogen-bond acceptors (Lipinski definition) is 3. The number of aliphatic hydroxyl groups is 1. The molecule has 0 amide bonds. The molecule has 0 aromatic rings. The molecule has 1 atom stereocenters. The summed E-state index contributed by atoms with van der Waals surface area (Å²) < 4.78 is 45.9. The van der Waals surface area contributed by atoms with Gasteiger partial charge in [-0.3, -0.25) is 0 Å². The van der Waals surface area contributed by atoms with E-state index in [0.717, 1.165) is 0 Å². The largest absolute Gasteiger partial charge is 0.386 e.